The zero-order chi connectivity index (χ0) is 27.4. The van der Waals surface area contributed by atoms with Crippen LogP contribution in [0.1, 0.15) is 40.3 Å². The largest absolute Gasteiger partial charge is 0.410 e. The van der Waals surface area contributed by atoms with E-state index in [9.17, 15) is 22.8 Å². The van der Waals surface area contributed by atoms with Crippen molar-refractivity contribution in [2.75, 3.05) is 10.6 Å². The molecule has 0 radical (unpaired) electrons. The summed E-state index contributed by atoms with van der Waals surface area (Å²) < 4.78 is 46.7. The molecule has 0 saturated heterocycles. The molecule has 1 aliphatic rings. The number of carbonyl (C=O) groups is 1. The highest BCUT2D eigenvalue weighted by Crippen LogP contribution is 2.46. The summed E-state index contributed by atoms with van der Waals surface area (Å²) in [6.07, 6.45) is -5.00. The number of benzene rings is 2. The Balaban J connectivity index is 1.51. The lowest BCUT2D eigenvalue weighted by atomic mass is 9.97. The van der Waals surface area contributed by atoms with E-state index >= 15 is 0 Å². The average Bonchev–Trinajstić information content (AvgIpc) is 3.32. The highest BCUT2D eigenvalue weighted by molar-refractivity contribution is 9.10. The molecule has 4 aromatic rings. The van der Waals surface area contributed by atoms with Crippen LogP contribution in [-0.4, -0.2) is 31.2 Å². The molecule has 0 spiro atoms. The molecule has 0 saturated carbocycles. The zero-order valence-electron chi connectivity index (χ0n) is 20.1. The summed E-state index contributed by atoms with van der Waals surface area (Å²) in [5, 5.41) is 9.20. The molecule has 2 N–H and O–H groups in total. The molecule has 2 aromatic carbocycles. The van der Waals surface area contributed by atoms with Crippen molar-refractivity contribution < 1.29 is 18.0 Å². The van der Waals surface area contributed by atoms with Gasteiger partial charge in [-0.1, -0.05) is 57.9 Å². The molecule has 2 aromatic heterocycles. The van der Waals surface area contributed by atoms with Crippen molar-refractivity contribution in [3.63, 3.8) is 0 Å². The van der Waals surface area contributed by atoms with Crippen LogP contribution in [-0.2, 0) is 7.05 Å². The molecular formula is C25H21BrClF3N6O2. The molecule has 1 amide bonds. The topological polar surface area (TPSA) is 85.9 Å². The summed E-state index contributed by atoms with van der Waals surface area (Å²) in [6.45, 7) is 1.64. The van der Waals surface area contributed by atoms with Gasteiger partial charge in [-0.2, -0.15) is 18.3 Å². The van der Waals surface area contributed by atoms with Gasteiger partial charge in [0.2, 0.25) is 0 Å². The van der Waals surface area contributed by atoms with Gasteiger partial charge >= 0.3 is 6.18 Å². The van der Waals surface area contributed by atoms with E-state index in [1.54, 1.807) is 73.3 Å². The van der Waals surface area contributed by atoms with Crippen molar-refractivity contribution in [1.82, 2.24) is 19.1 Å². The van der Waals surface area contributed by atoms with Crippen LogP contribution in [0.3, 0.4) is 0 Å². The maximum Gasteiger partial charge on any atom is 0.410 e. The van der Waals surface area contributed by atoms with Gasteiger partial charge in [0.15, 0.2) is 11.7 Å². The minimum atomic E-state index is -4.65. The third-order valence-corrected chi connectivity index (χ3v) is 7.46. The highest BCUT2D eigenvalue weighted by Gasteiger charge is 2.48. The van der Waals surface area contributed by atoms with Crippen LogP contribution in [0.25, 0.3) is 5.69 Å². The first kappa shape index (κ1) is 26.1. The van der Waals surface area contributed by atoms with E-state index < -0.39 is 35.4 Å². The first-order valence-corrected chi connectivity index (χ1v) is 12.7. The summed E-state index contributed by atoms with van der Waals surface area (Å²) in [5.41, 5.74) is 0.680. The molecule has 5 rings (SSSR count). The second-order valence-electron chi connectivity index (χ2n) is 8.89. The minimum absolute atomic E-state index is 0.0311. The molecule has 8 nitrogen and oxygen atoms in total. The van der Waals surface area contributed by atoms with E-state index in [4.69, 9.17) is 11.6 Å². The number of alkyl halides is 3. The van der Waals surface area contributed by atoms with E-state index in [-0.39, 0.29) is 22.9 Å². The lowest BCUT2D eigenvalue weighted by molar-refractivity contribution is -0.173. The van der Waals surface area contributed by atoms with Gasteiger partial charge in [-0.15, -0.1) is 0 Å². The maximum atomic E-state index is 14.1. The number of anilines is 2. The van der Waals surface area contributed by atoms with Crippen LogP contribution in [0.5, 0.6) is 0 Å². The van der Waals surface area contributed by atoms with Crippen molar-refractivity contribution in [3.05, 3.63) is 91.4 Å². The molecule has 2 atom stereocenters. The van der Waals surface area contributed by atoms with E-state index in [0.717, 1.165) is 4.47 Å². The number of halogens is 5. The van der Waals surface area contributed by atoms with Gasteiger partial charge in [-0.25, -0.2) is 9.36 Å². The Labute approximate surface area is 228 Å². The normalized spacial score (nSPS) is 17.1. The molecule has 0 unspecified atom stereocenters. The Kier molecular flexibility index (Phi) is 6.64. The molecular weight excluding hydrogens is 589 g/mol. The average molecular weight is 610 g/mol. The van der Waals surface area contributed by atoms with Gasteiger partial charge < -0.3 is 10.6 Å². The molecule has 198 valence electrons. The Morgan fingerprint density at radius 1 is 1.16 bits per heavy atom. The number of para-hydroxylation sites is 1. The van der Waals surface area contributed by atoms with Crippen molar-refractivity contribution >= 4 is 44.9 Å². The number of nitrogens with one attached hydrogen (secondary N) is 2. The molecule has 1 aliphatic heterocycles. The smallest absolute Gasteiger partial charge is 0.362 e. The van der Waals surface area contributed by atoms with Crippen LogP contribution in [0, 0.1) is 6.92 Å². The van der Waals surface area contributed by atoms with Gasteiger partial charge in [-0.3, -0.25) is 14.3 Å². The van der Waals surface area contributed by atoms with Crippen LogP contribution in [0.4, 0.5) is 24.7 Å². The third kappa shape index (κ3) is 4.51. The Hall–Kier alpha value is -3.51. The van der Waals surface area contributed by atoms with Crippen LogP contribution in [0.2, 0.25) is 5.02 Å². The first-order chi connectivity index (χ1) is 18.0. The standard InChI is InChI=1S/C25H21BrClF3N6O2/c1-13-20(24(38)36(34(13)2)16-6-4-3-5-7-16)32-23(37)21-19(27)22-31-17(14-8-10-15(26)11-9-14)12-18(25(28,29)30)35(22)33-21/h3-11,17-18,31H,12H2,1-2H3,(H,32,37)/t17-,18-/m1/s1. The fourth-order valence-corrected chi connectivity index (χ4v) is 5.06. The molecule has 38 heavy (non-hydrogen) atoms. The Morgan fingerprint density at radius 2 is 1.82 bits per heavy atom. The zero-order valence-corrected chi connectivity index (χ0v) is 22.4. The summed E-state index contributed by atoms with van der Waals surface area (Å²) in [5.74, 6) is -1.02. The van der Waals surface area contributed by atoms with Crippen LogP contribution in [0.15, 0.2) is 63.9 Å². The van der Waals surface area contributed by atoms with Gasteiger partial charge in [0.05, 0.1) is 17.4 Å². The van der Waals surface area contributed by atoms with E-state index in [2.05, 4.69) is 31.7 Å². The second kappa shape index (κ2) is 9.66. The SMILES string of the molecule is Cc1c(NC(=O)c2nn3c(c2Cl)N[C@@H](c2ccc(Br)cc2)C[C@@H]3C(F)(F)F)c(=O)n(-c2ccccc2)n1C. The number of rotatable bonds is 4. The third-order valence-electron chi connectivity index (χ3n) is 6.58. The number of hydrogen-bond acceptors (Lipinski definition) is 4. The quantitative estimate of drug-likeness (QED) is 0.297. The number of fused-ring (bicyclic) bond motifs is 1. The fourth-order valence-electron chi connectivity index (χ4n) is 4.53. The predicted octanol–water partition coefficient (Wildman–Crippen LogP) is 6.01. The van der Waals surface area contributed by atoms with Crippen molar-refractivity contribution in [1.29, 1.82) is 0 Å². The van der Waals surface area contributed by atoms with Gasteiger partial charge in [0.1, 0.15) is 16.5 Å². The number of amides is 1. The van der Waals surface area contributed by atoms with Crippen molar-refractivity contribution in [2.45, 2.75) is 31.6 Å². The number of aromatic nitrogens is 4. The van der Waals surface area contributed by atoms with Gasteiger partial charge in [-0.05, 0) is 36.8 Å². The fraction of sp³-hybridized carbons (Fsp3) is 0.240. The maximum absolute atomic E-state index is 14.1. The number of carbonyl (C=O) groups excluding carboxylic acids is 1. The predicted molar refractivity (Wildman–Crippen MR) is 141 cm³/mol. The summed E-state index contributed by atoms with van der Waals surface area (Å²) in [7, 11) is 1.65. The molecule has 0 fully saturated rings. The van der Waals surface area contributed by atoms with Crippen LogP contribution >= 0.6 is 27.5 Å². The summed E-state index contributed by atoms with van der Waals surface area (Å²) in [4.78, 5) is 26.4. The number of hydrogen-bond donors (Lipinski definition) is 2. The van der Waals surface area contributed by atoms with Gasteiger partial charge in [0.25, 0.3) is 11.5 Å². The second-order valence-corrected chi connectivity index (χ2v) is 10.2. The van der Waals surface area contributed by atoms with Crippen LogP contribution < -0.4 is 16.2 Å². The number of nitrogens with zero attached hydrogens (tertiary/aromatic N) is 4. The summed E-state index contributed by atoms with van der Waals surface area (Å²) >= 11 is 9.76. The molecule has 0 bridgehead atoms. The van der Waals surface area contributed by atoms with Crippen molar-refractivity contribution in [2.24, 2.45) is 7.05 Å². The van der Waals surface area contributed by atoms with Gasteiger partial charge in [0, 0.05) is 17.9 Å². The van der Waals surface area contributed by atoms with E-state index in [0.29, 0.717) is 21.6 Å². The molecule has 3 heterocycles. The van der Waals surface area contributed by atoms with E-state index in [1.165, 1.54) is 4.68 Å². The summed E-state index contributed by atoms with van der Waals surface area (Å²) in [6, 6.07) is 13.0. The monoisotopic (exact) mass is 608 g/mol. The minimum Gasteiger partial charge on any atom is -0.362 e. The molecule has 0 aliphatic carbocycles. The Bertz CT molecular complexity index is 1580. The lowest BCUT2D eigenvalue weighted by Crippen LogP contribution is -2.35. The lowest BCUT2D eigenvalue weighted by Gasteiger charge is -2.33. The Morgan fingerprint density at radius 3 is 2.45 bits per heavy atom. The molecule has 13 heteroatoms. The van der Waals surface area contributed by atoms with Crippen molar-refractivity contribution in [3.8, 4) is 5.69 Å². The first-order valence-electron chi connectivity index (χ1n) is 11.5. The van der Waals surface area contributed by atoms with E-state index in [1.807, 2.05) is 0 Å². The highest BCUT2D eigenvalue weighted by atomic mass is 79.9.